The van der Waals surface area contributed by atoms with Crippen LogP contribution < -0.4 is 10.6 Å². The number of hydrogen-bond acceptors (Lipinski definition) is 5. The molecule has 0 bridgehead atoms. The Balaban J connectivity index is 1.43. The van der Waals surface area contributed by atoms with Crippen LogP contribution in [0.2, 0.25) is 0 Å². The first-order chi connectivity index (χ1) is 13.8. The SMILES string of the molecule is Cc1cccc(NC(=O)CNC(=O)COC(=O)c2cc3c(s2)CCC(C)C3)c1C. The van der Waals surface area contributed by atoms with E-state index in [-0.39, 0.29) is 12.5 Å². The van der Waals surface area contributed by atoms with Crippen LogP contribution >= 0.6 is 11.3 Å². The van der Waals surface area contributed by atoms with Crippen molar-refractivity contribution in [3.8, 4) is 0 Å². The number of thiophene rings is 1. The van der Waals surface area contributed by atoms with E-state index >= 15 is 0 Å². The van der Waals surface area contributed by atoms with E-state index in [1.54, 1.807) is 0 Å². The van der Waals surface area contributed by atoms with E-state index < -0.39 is 18.5 Å². The zero-order valence-electron chi connectivity index (χ0n) is 17.0. The summed E-state index contributed by atoms with van der Waals surface area (Å²) >= 11 is 1.45. The standard InChI is InChI=1S/C22H26N2O4S/c1-13-7-8-18-16(9-13)10-19(29-18)22(27)28-12-21(26)23-11-20(25)24-17-6-4-5-14(2)15(17)3/h4-6,10,13H,7-9,11-12H2,1-3H3,(H,23,26)(H,24,25). The number of hydrogen-bond donors (Lipinski definition) is 2. The van der Waals surface area contributed by atoms with Crippen molar-refractivity contribution in [2.24, 2.45) is 5.92 Å². The average molecular weight is 415 g/mol. The third-order valence-electron chi connectivity index (χ3n) is 5.19. The van der Waals surface area contributed by atoms with Crippen molar-refractivity contribution in [2.45, 2.75) is 40.0 Å². The molecule has 6 nitrogen and oxygen atoms in total. The fraction of sp³-hybridized carbons (Fsp3) is 0.409. The number of benzene rings is 1. The summed E-state index contributed by atoms with van der Waals surface area (Å²) in [7, 11) is 0. The van der Waals surface area contributed by atoms with Gasteiger partial charge in [-0.1, -0.05) is 19.1 Å². The van der Waals surface area contributed by atoms with Gasteiger partial charge >= 0.3 is 5.97 Å². The molecule has 1 aliphatic rings. The summed E-state index contributed by atoms with van der Waals surface area (Å²) in [4.78, 5) is 38.0. The molecule has 1 heterocycles. The second kappa shape index (κ2) is 9.22. The van der Waals surface area contributed by atoms with Crippen molar-refractivity contribution in [1.29, 1.82) is 0 Å². The van der Waals surface area contributed by atoms with Gasteiger partial charge in [0.25, 0.3) is 5.91 Å². The summed E-state index contributed by atoms with van der Waals surface area (Å²) in [5.74, 6) is -0.712. The molecule has 2 amide bonds. The van der Waals surface area contributed by atoms with E-state index in [1.165, 1.54) is 21.8 Å². The molecule has 1 aromatic carbocycles. The number of nitrogens with one attached hydrogen (secondary N) is 2. The highest BCUT2D eigenvalue weighted by Gasteiger charge is 2.21. The van der Waals surface area contributed by atoms with Gasteiger partial charge in [0.1, 0.15) is 4.88 Å². The van der Waals surface area contributed by atoms with Gasteiger partial charge in [-0.2, -0.15) is 0 Å². The van der Waals surface area contributed by atoms with Gasteiger partial charge in [-0.3, -0.25) is 9.59 Å². The van der Waals surface area contributed by atoms with Gasteiger partial charge < -0.3 is 15.4 Å². The Kier molecular flexibility index (Phi) is 6.69. The maximum Gasteiger partial charge on any atom is 0.348 e. The van der Waals surface area contributed by atoms with Crippen LogP contribution in [0.15, 0.2) is 24.3 Å². The zero-order chi connectivity index (χ0) is 21.0. The van der Waals surface area contributed by atoms with Crippen LogP contribution in [0.5, 0.6) is 0 Å². The molecule has 1 aromatic heterocycles. The summed E-state index contributed by atoms with van der Waals surface area (Å²) in [6.07, 6.45) is 3.11. The first kappa shape index (κ1) is 21.0. The number of esters is 1. The molecular weight excluding hydrogens is 388 g/mol. The van der Waals surface area contributed by atoms with E-state index in [4.69, 9.17) is 4.74 Å². The van der Waals surface area contributed by atoms with Crippen molar-refractivity contribution in [3.63, 3.8) is 0 Å². The second-order valence-electron chi connectivity index (χ2n) is 7.56. The molecule has 1 atom stereocenters. The predicted octanol–water partition coefficient (Wildman–Crippen LogP) is 3.40. The summed E-state index contributed by atoms with van der Waals surface area (Å²) < 4.78 is 5.11. The average Bonchev–Trinajstić information content (AvgIpc) is 3.11. The maximum absolute atomic E-state index is 12.2. The number of carbonyl (C=O) groups excluding carboxylic acids is 3. The van der Waals surface area contributed by atoms with Crippen LogP contribution in [0, 0.1) is 19.8 Å². The topological polar surface area (TPSA) is 84.5 Å². The Morgan fingerprint density at radius 1 is 1.21 bits per heavy atom. The minimum atomic E-state index is -0.510. The highest BCUT2D eigenvalue weighted by atomic mass is 32.1. The second-order valence-corrected chi connectivity index (χ2v) is 8.69. The highest BCUT2D eigenvalue weighted by Crippen LogP contribution is 2.32. The number of fused-ring (bicyclic) bond motifs is 1. The number of amides is 2. The van der Waals surface area contributed by atoms with Gasteiger partial charge in [0.05, 0.1) is 6.54 Å². The molecule has 2 N–H and O–H groups in total. The summed E-state index contributed by atoms with van der Waals surface area (Å²) in [5.41, 5.74) is 3.98. The van der Waals surface area contributed by atoms with Crippen LogP contribution in [-0.4, -0.2) is 30.9 Å². The maximum atomic E-state index is 12.2. The van der Waals surface area contributed by atoms with E-state index in [2.05, 4.69) is 17.6 Å². The third kappa shape index (κ3) is 5.44. The molecule has 7 heteroatoms. The molecule has 2 aromatic rings. The molecule has 1 aliphatic carbocycles. The Hall–Kier alpha value is -2.67. The van der Waals surface area contributed by atoms with Crippen LogP contribution in [0.3, 0.4) is 0 Å². The van der Waals surface area contributed by atoms with Gasteiger partial charge in [-0.05, 0) is 67.9 Å². The fourth-order valence-corrected chi connectivity index (χ4v) is 4.42. The smallest absolute Gasteiger partial charge is 0.348 e. The first-order valence-corrected chi connectivity index (χ1v) is 10.6. The molecule has 0 fully saturated rings. The normalized spacial score (nSPS) is 15.3. The first-order valence-electron chi connectivity index (χ1n) is 9.75. The van der Waals surface area contributed by atoms with Crippen LogP contribution in [0.1, 0.15) is 44.6 Å². The summed E-state index contributed by atoms with van der Waals surface area (Å²) in [6.45, 7) is 5.50. The van der Waals surface area contributed by atoms with Crippen LogP contribution in [-0.2, 0) is 27.2 Å². The van der Waals surface area contributed by atoms with Crippen LogP contribution in [0.25, 0.3) is 0 Å². The van der Waals surface area contributed by atoms with Gasteiger partial charge in [0.15, 0.2) is 6.61 Å². The van der Waals surface area contributed by atoms with E-state index in [1.807, 2.05) is 38.1 Å². The van der Waals surface area contributed by atoms with Crippen molar-refractivity contribution in [3.05, 3.63) is 50.7 Å². The third-order valence-corrected chi connectivity index (χ3v) is 6.41. The molecule has 0 spiro atoms. The lowest BCUT2D eigenvalue weighted by molar-refractivity contribution is -0.126. The van der Waals surface area contributed by atoms with Crippen molar-refractivity contribution >= 4 is 34.8 Å². The monoisotopic (exact) mass is 414 g/mol. The minimum Gasteiger partial charge on any atom is -0.451 e. The van der Waals surface area contributed by atoms with E-state index in [0.717, 1.165) is 30.4 Å². The van der Waals surface area contributed by atoms with Crippen molar-refractivity contribution < 1.29 is 19.1 Å². The molecule has 0 saturated carbocycles. The largest absolute Gasteiger partial charge is 0.451 e. The lowest BCUT2D eigenvalue weighted by Crippen LogP contribution is -2.35. The van der Waals surface area contributed by atoms with Crippen molar-refractivity contribution in [2.75, 3.05) is 18.5 Å². The molecule has 3 rings (SSSR count). The Morgan fingerprint density at radius 3 is 2.79 bits per heavy atom. The quantitative estimate of drug-likeness (QED) is 0.710. The van der Waals surface area contributed by atoms with Gasteiger partial charge in [0.2, 0.25) is 5.91 Å². The number of rotatable bonds is 6. The molecule has 0 aliphatic heterocycles. The Labute approximate surface area is 174 Å². The molecule has 1 unspecified atom stereocenters. The zero-order valence-corrected chi connectivity index (χ0v) is 17.8. The molecule has 0 saturated heterocycles. The van der Waals surface area contributed by atoms with Gasteiger partial charge in [0, 0.05) is 10.6 Å². The lowest BCUT2D eigenvalue weighted by Gasteiger charge is -2.16. The molecular formula is C22H26N2O4S. The Morgan fingerprint density at radius 2 is 2.00 bits per heavy atom. The highest BCUT2D eigenvalue weighted by molar-refractivity contribution is 7.14. The number of ether oxygens (including phenoxy) is 1. The van der Waals surface area contributed by atoms with E-state index in [0.29, 0.717) is 16.5 Å². The predicted molar refractivity (Wildman–Crippen MR) is 113 cm³/mol. The summed E-state index contributed by atoms with van der Waals surface area (Å²) in [5, 5.41) is 5.24. The lowest BCUT2D eigenvalue weighted by atomic mass is 9.90. The van der Waals surface area contributed by atoms with Gasteiger partial charge in [-0.25, -0.2) is 4.79 Å². The van der Waals surface area contributed by atoms with Crippen molar-refractivity contribution in [1.82, 2.24) is 5.32 Å². The minimum absolute atomic E-state index is 0.186. The number of anilines is 1. The van der Waals surface area contributed by atoms with E-state index in [9.17, 15) is 14.4 Å². The fourth-order valence-electron chi connectivity index (χ4n) is 3.32. The number of carbonyl (C=O) groups is 3. The van der Waals surface area contributed by atoms with Crippen LogP contribution in [0.4, 0.5) is 5.69 Å². The molecule has 154 valence electrons. The molecule has 0 radical (unpaired) electrons. The molecule has 29 heavy (non-hydrogen) atoms. The summed E-state index contributed by atoms with van der Waals surface area (Å²) in [6, 6.07) is 7.52. The number of aryl methyl sites for hydroxylation is 2. The Bertz CT molecular complexity index is 935. The van der Waals surface area contributed by atoms with Gasteiger partial charge in [-0.15, -0.1) is 11.3 Å².